The number of nitrogens with two attached hydrogens (primary N) is 1. The summed E-state index contributed by atoms with van der Waals surface area (Å²) in [6, 6.07) is 0.451. The zero-order valence-corrected chi connectivity index (χ0v) is 14.7. The summed E-state index contributed by atoms with van der Waals surface area (Å²) in [7, 11) is 0. The predicted octanol–water partition coefficient (Wildman–Crippen LogP) is 2.19. The maximum atomic E-state index is 11.3. The van der Waals surface area contributed by atoms with Crippen LogP contribution in [0.2, 0.25) is 0 Å². The van der Waals surface area contributed by atoms with Gasteiger partial charge in [0.2, 0.25) is 5.91 Å². The van der Waals surface area contributed by atoms with Crippen LogP contribution in [0.4, 0.5) is 0 Å². The van der Waals surface area contributed by atoms with Crippen LogP contribution in [0.3, 0.4) is 0 Å². The van der Waals surface area contributed by atoms with Crippen LogP contribution < -0.4 is 5.73 Å². The highest BCUT2D eigenvalue weighted by Crippen LogP contribution is 2.24. The molecule has 2 N–H and O–H groups in total. The number of carbonyl (C=O) groups is 1. The Balaban J connectivity index is 1.93. The average Bonchev–Trinajstić information content (AvgIpc) is 3.07. The molecule has 1 amide bonds. The fourth-order valence-electron chi connectivity index (χ4n) is 3.69. The Morgan fingerprint density at radius 1 is 1.39 bits per heavy atom. The summed E-state index contributed by atoms with van der Waals surface area (Å²) in [5.41, 5.74) is 6.34. The van der Waals surface area contributed by atoms with Crippen LogP contribution in [0.25, 0.3) is 0 Å². The van der Waals surface area contributed by atoms with Crippen molar-refractivity contribution in [3.8, 4) is 0 Å². The first-order valence-corrected chi connectivity index (χ1v) is 8.85. The fourth-order valence-corrected chi connectivity index (χ4v) is 3.69. The van der Waals surface area contributed by atoms with Gasteiger partial charge in [-0.1, -0.05) is 38.8 Å². The summed E-state index contributed by atoms with van der Waals surface area (Å²) in [6.45, 7) is 8.59. The molecule has 0 bridgehead atoms. The number of amides is 1. The molecule has 0 spiro atoms. The number of primary amides is 1. The van der Waals surface area contributed by atoms with Gasteiger partial charge >= 0.3 is 0 Å². The van der Waals surface area contributed by atoms with Crippen molar-refractivity contribution in [1.29, 1.82) is 0 Å². The molecular weight excluding hydrogens is 290 g/mol. The van der Waals surface area contributed by atoms with Crippen LogP contribution in [0.15, 0.2) is 6.20 Å². The Kier molecular flexibility index (Phi) is 6.57. The molecule has 1 unspecified atom stereocenters. The monoisotopic (exact) mass is 321 g/mol. The molecule has 1 aromatic rings. The van der Waals surface area contributed by atoms with Crippen LogP contribution in [-0.4, -0.2) is 38.4 Å². The second-order valence-electron chi connectivity index (χ2n) is 7.48. The lowest BCUT2D eigenvalue weighted by molar-refractivity contribution is -0.119. The molecule has 2 rings (SSSR count). The number of aromatic nitrogens is 3. The van der Waals surface area contributed by atoms with E-state index in [0.29, 0.717) is 31.0 Å². The minimum Gasteiger partial charge on any atom is -0.369 e. The van der Waals surface area contributed by atoms with Gasteiger partial charge in [-0.25, -0.2) is 0 Å². The third-order valence-electron chi connectivity index (χ3n) is 4.52. The summed E-state index contributed by atoms with van der Waals surface area (Å²) >= 11 is 0. The molecule has 1 atom stereocenters. The SMILES string of the molecule is CC(C)CC(C)Cn1cc(CN(CC(N)=O)C2CCCC2)nn1. The summed E-state index contributed by atoms with van der Waals surface area (Å²) in [5, 5.41) is 8.53. The number of carbonyl (C=O) groups excluding carboxylic acids is 1. The number of hydrogen-bond acceptors (Lipinski definition) is 4. The van der Waals surface area contributed by atoms with Crippen LogP contribution in [0.5, 0.6) is 0 Å². The molecule has 0 saturated heterocycles. The highest BCUT2D eigenvalue weighted by atomic mass is 16.1. The minimum atomic E-state index is -0.269. The van der Waals surface area contributed by atoms with Crippen LogP contribution in [0, 0.1) is 11.8 Å². The summed E-state index contributed by atoms with van der Waals surface area (Å²) in [4.78, 5) is 13.5. The highest BCUT2D eigenvalue weighted by Gasteiger charge is 2.24. The third kappa shape index (κ3) is 5.94. The second kappa shape index (κ2) is 8.43. The molecule has 1 fully saturated rings. The van der Waals surface area contributed by atoms with Gasteiger partial charge in [-0.3, -0.25) is 14.4 Å². The van der Waals surface area contributed by atoms with Crippen LogP contribution in [-0.2, 0) is 17.9 Å². The van der Waals surface area contributed by atoms with E-state index in [1.54, 1.807) is 0 Å². The molecule has 0 aliphatic heterocycles. The smallest absolute Gasteiger partial charge is 0.231 e. The van der Waals surface area contributed by atoms with E-state index in [1.165, 1.54) is 19.3 Å². The van der Waals surface area contributed by atoms with Gasteiger partial charge < -0.3 is 5.73 Å². The Hall–Kier alpha value is -1.43. The van der Waals surface area contributed by atoms with Crippen molar-refractivity contribution in [2.45, 2.75) is 72.0 Å². The van der Waals surface area contributed by atoms with Crippen LogP contribution >= 0.6 is 0 Å². The van der Waals surface area contributed by atoms with E-state index in [9.17, 15) is 4.79 Å². The van der Waals surface area contributed by atoms with Crippen molar-refractivity contribution in [1.82, 2.24) is 19.9 Å². The maximum Gasteiger partial charge on any atom is 0.231 e. The van der Waals surface area contributed by atoms with Gasteiger partial charge in [0.25, 0.3) is 0 Å². The normalized spacial score (nSPS) is 17.3. The first-order chi connectivity index (χ1) is 10.9. The van der Waals surface area contributed by atoms with Crippen molar-refractivity contribution in [2.75, 3.05) is 6.54 Å². The largest absolute Gasteiger partial charge is 0.369 e. The first kappa shape index (κ1) is 17.9. The average molecular weight is 321 g/mol. The second-order valence-corrected chi connectivity index (χ2v) is 7.48. The zero-order chi connectivity index (χ0) is 16.8. The quantitative estimate of drug-likeness (QED) is 0.756. The van der Waals surface area contributed by atoms with Gasteiger partial charge in [-0.05, 0) is 31.1 Å². The van der Waals surface area contributed by atoms with Gasteiger partial charge in [0.05, 0.1) is 12.2 Å². The van der Waals surface area contributed by atoms with Gasteiger partial charge in [-0.2, -0.15) is 0 Å². The Bertz CT molecular complexity index is 493. The van der Waals surface area contributed by atoms with E-state index in [0.717, 1.165) is 25.1 Å². The highest BCUT2D eigenvalue weighted by molar-refractivity contribution is 5.75. The molecule has 1 saturated carbocycles. The molecule has 1 aromatic heterocycles. The van der Waals surface area contributed by atoms with E-state index >= 15 is 0 Å². The number of rotatable bonds is 9. The van der Waals surface area contributed by atoms with Gasteiger partial charge in [-0.15, -0.1) is 5.10 Å². The molecule has 1 aliphatic rings. The third-order valence-corrected chi connectivity index (χ3v) is 4.52. The topological polar surface area (TPSA) is 77.0 Å². The Labute approximate surface area is 139 Å². The minimum absolute atomic E-state index is 0.269. The van der Waals surface area contributed by atoms with Crippen molar-refractivity contribution in [3.05, 3.63) is 11.9 Å². The summed E-state index contributed by atoms with van der Waals surface area (Å²) in [6.07, 6.45) is 7.96. The molecule has 0 radical (unpaired) electrons. The molecule has 130 valence electrons. The first-order valence-electron chi connectivity index (χ1n) is 8.85. The molecule has 1 aliphatic carbocycles. The van der Waals surface area contributed by atoms with Crippen molar-refractivity contribution in [3.63, 3.8) is 0 Å². The number of nitrogens with zero attached hydrogens (tertiary/aromatic N) is 4. The number of hydrogen-bond donors (Lipinski definition) is 1. The maximum absolute atomic E-state index is 11.3. The van der Waals surface area contributed by atoms with Crippen molar-refractivity contribution < 1.29 is 4.79 Å². The summed E-state index contributed by atoms with van der Waals surface area (Å²) in [5.74, 6) is 1.01. The van der Waals surface area contributed by atoms with Crippen molar-refractivity contribution in [2.24, 2.45) is 17.6 Å². The molecular formula is C17H31N5O. The molecule has 0 aromatic carbocycles. The molecule has 1 heterocycles. The van der Waals surface area contributed by atoms with E-state index < -0.39 is 0 Å². The zero-order valence-electron chi connectivity index (χ0n) is 14.7. The van der Waals surface area contributed by atoms with Gasteiger partial charge in [0, 0.05) is 25.3 Å². The van der Waals surface area contributed by atoms with E-state index in [-0.39, 0.29) is 5.91 Å². The standard InChI is InChI=1S/C17H31N5O/c1-13(2)8-14(3)9-22-11-15(19-20-22)10-21(12-17(18)23)16-6-4-5-7-16/h11,13-14,16H,4-10,12H2,1-3H3,(H2,18,23). The lowest BCUT2D eigenvalue weighted by Crippen LogP contribution is -2.39. The van der Waals surface area contributed by atoms with E-state index in [2.05, 4.69) is 36.0 Å². The fraction of sp³-hybridized carbons (Fsp3) is 0.824. The lowest BCUT2D eigenvalue weighted by atomic mass is 9.99. The molecule has 23 heavy (non-hydrogen) atoms. The van der Waals surface area contributed by atoms with E-state index in [1.807, 2.05) is 10.9 Å². The van der Waals surface area contributed by atoms with Crippen LogP contribution in [0.1, 0.15) is 58.6 Å². The van der Waals surface area contributed by atoms with Gasteiger partial charge in [0.1, 0.15) is 0 Å². The molecule has 6 nitrogen and oxygen atoms in total. The summed E-state index contributed by atoms with van der Waals surface area (Å²) < 4.78 is 1.93. The predicted molar refractivity (Wildman–Crippen MR) is 90.5 cm³/mol. The Morgan fingerprint density at radius 2 is 2.09 bits per heavy atom. The lowest BCUT2D eigenvalue weighted by Gasteiger charge is -2.26. The molecule has 6 heteroatoms. The van der Waals surface area contributed by atoms with Crippen molar-refractivity contribution >= 4 is 5.91 Å². The van der Waals surface area contributed by atoms with Gasteiger partial charge in [0.15, 0.2) is 0 Å². The van der Waals surface area contributed by atoms with E-state index in [4.69, 9.17) is 5.73 Å². The Morgan fingerprint density at radius 3 is 2.70 bits per heavy atom.